The average molecular weight is 305 g/mol. The number of alkyl halides is 1. The average Bonchev–Trinajstić information content (AvgIpc) is 2.27. The SMILES string of the molecule is CCC(C)(C)N(C)c1ccc(CBr)c(Cl)c1. The highest BCUT2D eigenvalue weighted by molar-refractivity contribution is 9.08. The molecule has 0 amide bonds. The summed E-state index contributed by atoms with van der Waals surface area (Å²) in [6.45, 7) is 6.67. The standard InChI is InChI=1S/C13H19BrClN/c1-5-13(2,3)16(4)11-7-6-10(9-14)12(15)8-11/h6-8H,5,9H2,1-4H3. The molecular formula is C13H19BrClN. The van der Waals surface area contributed by atoms with Gasteiger partial charge in [0.2, 0.25) is 0 Å². The second-order valence-corrected chi connectivity index (χ2v) is 5.60. The number of rotatable bonds is 4. The van der Waals surface area contributed by atoms with Gasteiger partial charge in [0.15, 0.2) is 0 Å². The van der Waals surface area contributed by atoms with Crippen molar-refractivity contribution in [2.75, 3.05) is 11.9 Å². The van der Waals surface area contributed by atoms with Gasteiger partial charge in [0.1, 0.15) is 0 Å². The Hall–Kier alpha value is -0.210. The first-order chi connectivity index (χ1) is 7.42. The Morgan fingerprint density at radius 3 is 2.44 bits per heavy atom. The van der Waals surface area contributed by atoms with Gasteiger partial charge < -0.3 is 4.90 Å². The molecule has 0 heterocycles. The summed E-state index contributed by atoms with van der Waals surface area (Å²) in [7, 11) is 2.11. The summed E-state index contributed by atoms with van der Waals surface area (Å²) in [5, 5.41) is 1.63. The number of nitrogens with zero attached hydrogens (tertiary/aromatic N) is 1. The van der Waals surface area contributed by atoms with Crippen LogP contribution in [-0.4, -0.2) is 12.6 Å². The minimum atomic E-state index is 0.152. The molecule has 0 fully saturated rings. The van der Waals surface area contributed by atoms with Crippen molar-refractivity contribution in [3.8, 4) is 0 Å². The lowest BCUT2D eigenvalue weighted by Gasteiger charge is -2.37. The quantitative estimate of drug-likeness (QED) is 0.718. The van der Waals surface area contributed by atoms with E-state index in [0.717, 1.165) is 22.3 Å². The lowest BCUT2D eigenvalue weighted by molar-refractivity contribution is 0.471. The molecule has 1 rings (SSSR count). The maximum absolute atomic E-state index is 6.21. The Morgan fingerprint density at radius 1 is 1.38 bits per heavy atom. The van der Waals surface area contributed by atoms with E-state index in [1.54, 1.807) is 0 Å². The van der Waals surface area contributed by atoms with Crippen molar-refractivity contribution in [1.82, 2.24) is 0 Å². The van der Waals surface area contributed by atoms with Gasteiger partial charge in [-0.25, -0.2) is 0 Å². The molecule has 0 N–H and O–H groups in total. The van der Waals surface area contributed by atoms with E-state index in [9.17, 15) is 0 Å². The van der Waals surface area contributed by atoms with E-state index >= 15 is 0 Å². The summed E-state index contributed by atoms with van der Waals surface area (Å²) in [4.78, 5) is 2.27. The van der Waals surface area contributed by atoms with Gasteiger partial charge in [-0.1, -0.05) is 40.5 Å². The molecule has 0 aliphatic rings. The predicted octanol–water partition coefficient (Wildman–Crippen LogP) is 4.86. The van der Waals surface area contributed by atoms with Gasteiger partial charge in [-0.3, -0.25) is 0 Å². The van der Waals surface area contributed by atoms with Crippen LogP contribution in [0, 0.1) is 0 Å². The van der Waals surface area contributed by atoms with Gasteiger partial charge in [0.05, 0.1) is 0 Å². The molecule has 0 saturated carbocycles. The minimum Gasteiger partial charge on any atom is -0.369 e. The van der Waals surface area contributed by atoms with Crippen LogP contribution in [0.15, 0.2) is 18.2 Å². The van der Waals surface area contributed by atoms with Crippen LogP contribution < -0.4 is 4.90 Å². The van der Waals surface area contributed by atoms with Crippen LogP contribution in [0.3, 0.4) is 0 Å². The van der Waals surface area contributed by atoms with Gasteiger partial charge in [-0.2, -0.15) is 0 Å². The van der Waals surface area contributed by atoms with Crippen molar-refractivity contribution in [3.63, 3.8) is 0 Å². The largest absolute Gasteiger partial charge is 0.369 e. The fourth-order valence-electron chi connectivity index (χ4n) is 1.44. The van der Waals surface area contributed by atoms with E-state index in [1.165, 1.54) is 5.69 Å². The Morgan fingerprint density at radius 2 is 2.00 bits per heavy atom. The molecule has 0 aliphatic carbocycles. The Balaban J connectivity index is 3.02. The zero-order valence-corrected chi connectivity index (χ0v) is 12.7. The van der Waals surface area contributed by atoms with Gasteiger partial charge >= 0.3 is 0 Å². The van der Waals surface area contributed by atoms with Crippen LogP contribution in [0.5, 0.6) is 0 Å². The Labute approximate surface area is 112 Å². The molecule has 0 aromatic heterocycles. The van der Waals surface area contributed by atoms with Crippen molar-refractivity contribution in [1.29, 1.82) is 0 Å². The van der Waals surface area contributed by atoms with Crippen LogP contribution >= 0.6 is 27.5 Å². The number of halogens is 2. The molecule has 1 aromatic rings. The number of hydrogen-bond donors (Lipinski definition) is 0. The first-order valence-electron chi connectivity index (χ1n) is 5.50. The van der Waals surface area contributed by atoms with E-state index in [0.29, 0.717) is 0 Å². The molecule has 0 aliphatic heterocycles. The van der Waals surface area contributed by atoms with Crippen LogP contribution in [0.25, 0.3) is 0 Å². The number of anilines is 1. The highest BCUT2D eigenvalue weighted by Crippen LogP contribution is 2.29. The van der Waals surface area contributed by atoms with Crippen molar-refractivity contribution < 1.29 is 0 Å². The molecule has 3 heteroatoms. The number of benzene rings is 1. The molecule has 0 radical (unpaired) electrons. The van der Waals surface area contributed by atoms with Gasteiger partial charge in [-0.05, 0) is 38.0 Å². The van der Waals surface area contributed by atoms with E-state index < -0.39 is 0 Å². The first-order valence-corrected chi connectivity index (χ1v) is 7.00. The summed E-state index contributed by atoms with van der Waals surface area (Å²) in [6, 6.07) is 6.24. The van der Waals surface area contributed by atoms with Crippen molar-refractivity contribution in [2.45, 2.75) is 38.1 Å². The molecular weight excluding hydrogens is 286 g/mol. The topological polar surface area (TPSA) is 3.24 Å². The molecule has 0 saturated heterocycles. The second-order valence-electron chi connectivity index (χ2n) is 4.63. The lowest BCUT2D eigenvalue weighted by atomic mass is 9.99. The third-order valence-corrected chi connectivity index (χ3v) is 4.30. The highest BCUT2D eigenvalue weighted by Gasteiger charge is 2.21. The monoisotopic (exact) mass is 303 g/mol. The Bertz CT molecular complexity index is 363. The molecule has 1 nitrogen and oxygen atoms in total. The molecule has 90 valence electrons. The Kier molecular flexibility index (Phi) is 4.69. The fourth-order valence-corrected chi connectivity index (χ4v) is 2.33. The maximum Gasteiger partial charge on any atom is 0.0467 e. The van der Waals surface area contributed by atoms with Crippen LogP contribution in [0.4, 0.5) is 5.69 Å². The van der Waals surface area contributed by atoms with Crippen LogP contribution in [0.1, 0.15) is 32.8 Å². The van der Waals surface area contributed by atoms with E-state index in [4.69, 9.17) is 11.6 Å². The van der Waals surface area contributed by atoms with Crippen molar-refractivity contribution in [3.05, 3.63) is 28.8 Å². The molecule has 0 spiro atoms. The number of hydrogen-bond acceptors (Lipinski definition) is 1. The minimum absolute atomic E-state index is 0.152. The molecule has 16 heavy (non-hydrogen) atoms. The summed E-state index contributed by atoms with van der Waals surface area (Å²) in [6.07, 6.45) is 1.10. The third kappa shape index (κ3) is 2.92. The normalized spacial score (nSPS) is 11.6. The first kappa shape index (κ1) is 13.9. The second kappa shape index (κ2) is 5.42. The highest BCUT2D eigenvalue weighted by atomic mass is 79.9. The summed E-state index contributed by atoms with van der Waals surface area (Å²) >= 11 is 9.64. The van der Waals surface area contributed by atoms with Gasteiger partial charge in [0, 0.05) is 28.6 Å². The smallest absolute Gasteiger partial charge is 0.0467 e. The molecule has 0 atom stereocenters. The lowest BCUT2D eigenvalue weighted by Crippen LogP contribution is -2.40. The van der Waals surface area contributed by atoms with Crippen LogP contribution in [-0.2, 0) is 5.33 Å². The van der Waals surface area contributed by atoms with Gasteiger partial charge in [0.25, 0.3) is 0 Å². The summed E-state index contributed by atoms with van der Waals surface area (Å²) < 4.78 is 0. The molecule has 0 bridgehead atoms. The van der Waals surface area contributed by atoms with E-state index in [-0.39, 0.29) is 5.54 Å². The maximum atomic E-state index is 6.21. The van der Waals surface area contributed by atoms with Crippen molar-refractivity contribution in [2.24, 2.45) is 0 Å². The molecule has 1 aromatic carbocycles. The van der Waals surface area contributed by atoms with Crippen molar-refractivity contribution >= 4 is 33.2 Å². The zero-order chi connectivity index (χ0) is 12.3. The fraction of sp³-hybridized carbons (Fsp3) is 0.538. The third-order valence-electron chi connectivity index (χ3n) is 3.34. The summed E-state index contributed by atoms with van der Waals surface area (Å²) in [5.74, 6) is 0. The van der Waals surface area contributed by atoms with Gasteiger partial charge in [-0.15, -0.1) is 0 Å². The van der Waals surface area contributed by atoms with Crippen LogP contribution in [0.2, 0.25) is 5.02 Å². The summed E-state index contributed by atoms with van der Waals surface area (Å²) in [5.41, 5.74) is 2.45. The molecule has 0 unspecified atom stereocenters. The van der Waals surface area contributed by atoms with E-state index in [2.05, 4.69) is 60.8 Å². The predicted molar refractivity (Wildman–Crippen MR) is 76.9 cm³/mol. The zero-order valence-electron chi connectivity index (χ0n) is 10.3. The van der Waals surface area contributed by atoms with E-state index in [1.807, 2.05) is 6.07 Å².